The van der Waals surface area contributed by atoms with Gasteiger partial charge in [-0.25, -0.2) is 0 Å². The maximum absolute atomic E-state index is 12.2. The molecule has 0 aliphatic carbocycles. The Balaban J connectivity index is 2.95. The predicted molar refractivity (Wildman–Crippen MR) is 80.6 cm³/mol. The molecule has 1 atom stereocenters. The third kappa shape index (κ3) is 4.81. The fourth-order valence-corrected chi connectivity index (χ4v) is 2.11. The zero-order chi connectivity index (χ0) is 15.3. The largest absolute Gasteiger partial charge is 0.368 e. The van der Waals surface area contributed by atoms with Gasteiger partial charge < -0.3 is 15.2 Å². The quantitative estimate of drug-likeness (QED) is 0.810. The lowest BCUT2D eigenvalue weighted by Crippen LogP contribution is -2.34. The first-order valence-electron chi connectivity index (χ1n) is 6.96. The number of pyridine rings is 1. The molecule has 1 aromatic heterocycles. The van der Waals surface area contributed by atoms with Gasteiger partial charge in [-0.3, -0.25) is 9.59 Å². The van der Waals surface area contributed by atoms with Crippen molar-refractivity contribution in [3.63, 3.8) is 0 Å². The highest BCUT2D eigenvalue weighted by atomic mass is 16.2. The molecular formula is C15H25N3O2. The first-order chi connectivity index (χ1) is 9.31. The molecule has 5 nitrogen and oxygen atoms in total. The molecule has 112 valence electrons. The van der Waals surface area contributed by atoms with Crippen molar-refractivity contribution in [3.8, 4) is 0 Å². The van der Waals surface area contributed by atoms with Gasteiger partial charge in [-0.2, -0.15) is 0 Å². The van der Waals surface area contributed by atoms with E-state index in [1.807, 2.05) is 34.0 Å². The number of likely N-dealkylation sites (N-methyl/N-ethyl adjacent to an activating group) is 1. The average molecular weight is 279 g/mol. The van der Waals surface area contributed by atoms with E-state index in [0.717, 1.165) is 18.5 Å². The van der Waals surface area contributed by atoms with Gasteiger partial charge in [0.25, 0.3) is 5.56 Å². The molecule has 1 heterocycles. The van der Waals surface area contributed by atoms with Crippen LogP contribution in [0.5, 0.6) is 0 Å². The molecular weight excluding hydrogens is 254 g/mol. The van der Waals surface area contributed by atoms with Crippen LogP contribution in [0.4, 0.5) is 0 Å². The molecule has 0 saturated heterocycles. The second kappa shape index (κ2) is 7.24. The summed E-state index contributed by atoms with van der Waals surface area (Å²) in [5.74, 6) is -0.158. The third-order valence-corrected chi connectivity index (χ3v) is 3.22. The van der Waals surface area contributed by atoms with E-state index in [-0.39, 0.29) is 5.56 Å². The minimum Gasteiger partial charge on any atom is -0.368 e. The molecule has 0 fully saturated rings. The summed E-state index contributed by atoms with van der Waals surface area (Å²) in [6.07, 6.45) is 3.08. The molecule has 1 unspecified atom stereocenters. The van der Waals surface area contributed by atoms with Gasteiger partial charge in [0.15, 0.2) is 0 Å². The Hall–Kier alpha value is -1.62. The summed E-state index contributed by atoms with van der Waals surface area (Å²) in [6.45, 7) is 4.90. The van der Waals surface area contributed by atoms with E-state index in [2.05, 4.69) is 4.90 Å². The van der Waals surface area contributed by atoms with E-state index in [4.69, 9.17) is 5.73 Å². The summed E-state index contributed by atoms with van der Waals surface area (Å²) >= 11 is 0. The number of primary amides is 1. The number of aromatic nitrogens is 1. The molecule has 0 spiro atoms. The molecule has 2 N–H and O–H groups in total. The maximum atomic E-state index is 12.2. The number of rotatable bonds is 7. The van der Waals surface area contributed by atoms with Crippen molar-refractivity contribution < 1.29 is 4.79 Å². The molecule has 1 amide bonds. The van der Waals surface area contributed by atoms with Crippen molar-refractivity contribution in [1.29, 1.82) is 0 Å². The van der Waals surface area contributed by atoms with Crippen LogP contribution in [0.3, 0.4) is 0 Å². The molecule has 5 heteroatoms. The Kier molecular flexibility index (Phi) is 5.95. The Morgan fingerprint density at radius 1 is 1.40 bits per heavy atom. The van der Waals surface area contributed by atoms with Crippen molar-refractivity contribution >= 4 is 5.91 Å². The fraction of sp³-hybridized carbons (Fsp3) is 0.600. The fourth-order valence-electron chi connectivity index (χ4n) is 2.11. The molecule has 20 heavy (non-hydrogen) atoms. The van der Waals surface area contributed by atoms with Gasteiger partial charge in [0, 0.05) is 18.8 Å². The number of amides is 1. The van der Waals surface area contributed by atoms with Crippen LogP contribution < -0.4 is 11.3 Å². The lowest BCUT2D eigenvalue weighted by atomic mass is 10.0. The highest BCUT2D eigenvalue weighted by Gasteiger charge is 2.19. The minimum absolute atomic E-state index is 0.161. The van der Waals surface area contributed by atoms with E-state index in [0.29, 0.717) is 12.3 Å². The first-order valence-corrected chi connectivity index (χ1v) is 6.96. The van der Waals surface area contributed by atoms with Crippen molar-refractivity contribution in [2.24, 2.45) is 11.7 Å². The molecule has 0 saturated carbocycles. The monoisotopic (exact) mass is 279 g/mol. The molecule has 0 radical (unpaired) electrons. The normalized spacial score (nSPS) is 12.9. The molecule has 1 aromatic rings. The second-order valence-electron chi connectivity index (χ2n) is 5.88. The highest BCUT2D eigenvalue weighted by molar-refractivity contribution is 5.78. The summed E-state index contributed by atoms with van der Waals surface area (Å²) in [6, 6.07) is 2.92. The predicted octanol–water partition coefficient (Wildman–Crippen LogP) is 1.02. The SMILES string of the molecule is CC(C)CC(C(N)=O)n1ccc(CCN(C)C)cc1=O. The number of hydrogen-bond donors (Lipinski definition) is 1. The van der Waals surface area contributed by atoms with E-state index >= 15 is 0 Å². The smallest absolute Gasteiger partial charge is 0.251 e. The topological polar surface area (TPSA) is 68.3 Å². The van der Waals surface area contributed by atoms with E-state index in [9.17, 15) is 9.59 Å². The minimum atomic E-state index is -0.564. The van der Waals surface area contributed by atoms with E-state index in [1.54, 1.807) is 12.3 Å². The van der Waals surface area contributed by atoms with Gasteiger partial charge in [-0.15, -0.1) is 0 Å². The number of hydrogen-bond acceptors (Lipinski definition) is 3. The number of carbonyl (C=O) groups excluding carboxylic acids is 1. The van der Waals surface area contributed by atoms with Crippen molar-refractivity contribution in [2.45, 2.75) is 32.7 Å². The van der Waals surface area contributed by atoms with E-state index in [1.165, 1.54) is 4.57 Å². The van der Waals surface area contributed by atoms with Crippen LogP contribution in [-0.2, 0) is 11.2 Å². The van der Waals surface area contributed by atoms with Gasteiger partial charge in [-0.1, -0.05) is 13.8 Å². The van der Waals surface area contributed by atoms with Gasteiger partial charge in [0.1, 0.15) is 6.04 Å². The average Bonchev–Trinajstić information content (AvgIpc) is 2.33. The first kappa shape index (κ1) is 16.4. The van der Waals surface area contributed by atoms with Gasteiger partial charge >= 0.3 is 0 Å². The summed E-state index contributed by atoms with van der Waals surface area (Å²) in [5.41, 5.74) is 6.24. The van der Waals surface area contributed by atoms with Crippen LogP contribution in [0.25, 0.3) is 0 Å². The summed E-state index contributed by atoms with van der Waals surface area (Å²) in [7, 11) is 3.99. The van der Waals surface area contributed by atoms with Gasteiger partial charge in [-0.05, 0) is 44.5 Å². The Morgan fingerprint density at radius 3 is 2.50 bits per heavy atom. The third-order valence-electron chi connectivity index (χ3n) is 3.22. The summed E-state index contributed by atoms with van der Waals surface area (Å²) in [4.78, 5) is 25.8. The zero-order valence-corrected chi connectivity index (χ0v) is 12.8. The van der Waals surface area contributed by atoms with Crippen molar-refractivity contribution in [2.75, 3.05) is 20.6 Å². The molecule has 0 bridgehead atoms. The van der Waals surface area contributed by atoms with Crippen LogP contribution in [0, 0.1) is 5.92 Å². The lowest BCUT2D eigenvalue weighted by molar-refractivity contribution is -0.121. The van der Waals surface area contributed by atoms with Gasteiger partial charge in [0.2, 0.25) is 5.91 Å². The molecule has 1 rings (SSSR count). The van der Waals surface area contributed by atoms with Crippen LogP contribution in [-0.4, -0.2) is 36.0 Å². The number of nitrogens with two attached hydrogens (primary N) is 1. The molecule has 0 aliphatic rings. The Labute approximate surface area is 120 Å². The Bertz CT molecular complexity index is 506. The van der Waals surface area contributed by atoms with Gasteiger partial charge in [0.05, 0.1) is 0 Å². The highest BCUT2D eigenvalue weighted by Crippen LogP contribution is 2.15. The molecule has 0 aromatic carbocycles. The van der Waals surface area contributed by atoms with Crippen LogP contribution in [0.15, 0.2) is 23.1 Å². The number of carbonyl (C=O) groups is 1. The summed E-state index contributed by atoms with van der Waals surface area (Å²) in [5, 5.41) is 0. The van der Waals surface area contributed by atoms with Crippen LogP contribution in [0.2, 0.25) is 0 Å². The zero-order valence-electron chi connectivity index (χ0n) is 12.8. The maximum Gasteiger partial charge on any atom is 0.251 e. The second-order valence-corrected chi connectivity index (χ2v) is 5.88. The van der Waals surface area contributed by atoms with Crippen molar-refractivity contribution in [3.05, 3.63) is 34.2 Å². The van der Waals surface area contributed by atoms with E-state index < -0.39 is 11.9 Å². The standard InChI is InChI=1S/C15H25N3O2/c1-11(2)9-13(15(16)20)18-8-6-12(10-14(18)19)5-7-17(3)4/h6,8,10-11,13H,5,7,9H2,1-4H3,(H2,16,20). The number of nitrogens with zero attached hydrogens (tertiary/aromatic N) is 2. The Morgan fingerprint density at radius 2 is 2.05 bits per heavy atom. The van der Waals surface area contributed by atoms with Crippen LogP contribution in [0.1, 0.15) is 31.9 Å². The lowest BCUT2D eigenvalue weighted by Gasteiger charge is -2.19. The van der Waals surface area contributed by atoms with Crippen molar-refractivity contribution in [1.82, 2.24) is 9.47 Å². The summed E-state index contributed by atoms with van der Waals surface area (Å²) < 4.78 is 1.45. The van der Waals surface area contributed by atoms with Crippen LogP contribution >= 0.6 is 0 Å². The molecule has 0 aliphatic heterocycles.